The lowest BCUT2D eigenvalue weighted by molar-refractivity contribution is -0.131. The van der Waals surface area contributed by atoms with Crippen LogP contribution in [0.25, 0.3) is 18.2 Å². The molecule has 2 aromatic carbocycles. The minimum Gasteiger partial charge on any atom is -0.493 e. The number of benzene rings is 2. The zero-order chi connectivity index (χ0) is 19.4. The van der Waals surface area contributed by atoms with Crippen molar-refractivity contribution in [1.29, 1.82) is 0 Å². The highest BCUT2D eigenvalue weighted by molar-refractivity contribution is 5.78. The van der Waals surface area contributed by atoms with E-state index in [4.69, 9.17) is 18.9 Å². The number of allylic oxidation sites excluding steroid dienone is 1. The van der Waals surface area contributed by atoms with Crippen LogP contribution in [0, 0.1) is 0 Å². The van der Waals surface area contributed by atoms with Crippen molar-refractivity contribution >= 4 is 24.2 Å². The number of rotatable bonds is 6. The Balaban J connectivity index is 1.96. The largest absolute Gasteiger partial charge is 0.493 e. The molecule has 27 heavy (non-hydrogen) atoms. The molecular weight excluding hydrogens is 344 g/mol. The van der Waals surface area contributed by atoms with Crippen LogP contribution in [0.4, 0.5) is 0 Å². The van der Waals surface area contributed by atoms with Crippen molar-refractivity contribution in [3.8, 4) is 23.0 Å². The van der Waals surface area contributed by atoms with Gasteiger partial charge in [0.05, 0.1) is 21.3 Å². The van der Waals surface area contributed by atoms with Crippen LogP contribution in [0.3, 0.4) is 0 Å². The topological polar surface area (TPSA) is 54.0 Å². The average Bonchev–Trinajstić information content (AvgIpc) is 3.13. The molecule has 2 aromatic rings. The van der Waals surface area contributed by atoms with E-state index in [0.29, 0.717) is 23.0 Å². The second-order valence-corrected chi connectivity index (χ2v) is 6.08. The van der Waals surface area contributed by atoms with Crippen LogP contribution in [0.15, 0.2) is 30.3 Å². The Labute approximate surface area is 158 Å². The Bertz CT molecular complexity index is 900. The summed E-state index contributed by atoms with van der Waals surface area (Å²) >= 11 is 0. The van der Waals surface area contributed by atoms with Crippen molar-refractivity contribution in [2.24, 2.45) is 0 Å². The second kappa shape index (κ2) is 7.99. The molecule has 1 aliphatic rings. The fourth-order valence-corrected chi connectivity index (χ4v) is 3.10. The van der Waals surface area contributed by atoms with Crippen molar-refractivity contribution in [3.63, 3.8) is 0 Å². The van der Waals surface area contributed by atoms with Crippen molar-refractivity contribution in [2.45, 2.75) is 13.3 Å². The molecular formula is C22H22O5. The number of hydrogen-bond donors (Lipinski definition) is 0. The summed E-state index contributed by atoms with van der Waals surface area (Å²) in [7, 11) is 4.75. The Morgan fingerprint density at radius 1 is 0.889 bits per heavy atom. The van der Waals surface area contributed by atoms with Gasteiger partial charge in [0.25, 0.3) is 0 Å². The van der Waals surface area contributed by atoms with Crippen molar-refractivity contribution in [1.82, 2.24) is 0 Å². The number of hydrogen-bond acceptors (Lipinski definition) is 5. The molecule has 3 rings (SSSR count). The van der Waals surface area contributed by atoms with Crippen molar-refractivity contribution < 1.29 is 23.7 Å². The van der Waals surface area contributed by atoms with Gasteiger partial charge in [-0.2, -0.15) is 0 Å². The van der Waals surface area contributed by atoms with Crippen molar-refractivity contribution in [3.05, 3.63) is 52.6 Å². The molecule has 0 N–H and O–H groups in total. The third-order valence-corrected chi connectivity index (χ3v) is 4.28. The predicted octanol–water partition coefficient (Wildman–Crippen LogP) is 4.38. The molecule has 0 saturated heterocycles. The molecule has 0 heterocycles. The third-order valence-electron chi connectivity index (χ3n) is 4.28. The van der Waals surface area contributed by atoms with Gasteiger partial charge >= 0.3 is 5.97 Å². The molecule has 0 aromatic heterocycles. The van der Waals surface area contributed by atoms with Gasteiger partial charge in [0.1, 0.15) is 5.75 Å². The van der Waals surface area contributed by atoms with Crippen LogP contribution in [-0.4, -0.2) is 27.3 Å². The van der Waals surface area contributed by atoms with Gasteiger partial charge in [0, 0.05) is 12.5 Å². The highest BCUT2D eigenvalue weighted by Gasteiger charge is 2.15. The molecule has 0 atom stereocenters. The van der Waals surface area contributed by atoms with E-state index in [1.54, 1.807) is 21.3 Å². The fraction of sp³-hybridized carbons (Fsp3) is 0.227. The zero-order valence-electron chi connectivity index (χ0n) is 15.9. The number of methoxy groups -OCH3 is 3. The van der Waals surface area contributed by atoms with Gasteiger partial charge in [-0.05, 0) is 41.3 Å². The van der Waals surface area contributed by atoms with E-state index in [1.807, 2.05) is 36.4 Å². The minimum atomic E-state index is -0.330. The first kappa shape index (κ1) is 18.6. The summed E-state index contributed by atoms with van der Waals surface area (Å²) in [6, 6.07) is 7.71. The normalized spacial score (nSPS) is 12.1. The number of ether oxygens (including phenoxy) is 4. The van der Waals surface area contributed by atoms with Crippen LogP contribution in [0.1, 0.15) is 29.2 Å². The summed E-state index contributed by atoms with van der Waals surface area (Å²) in [4.78, 5) is 11.4. The lowest BCUT2D eigenvalue weighted by Crippen LogP contribution is -2.03. The molecule has 0 bridgehead atoms. The molecule has 0 fully saturated rings. The van der Waals surface area contributed by atoms with Gasteiger partial charge in [-0.1, -0.05) is 30.4 Å². The number of fused-ring (bicyclic) bond motifs is 1. The molecule has 5 nitrogen and oxygen atoms in total. The molecule has 0 aliphatic heterocycles. The standard InChI is InChI=1S/C22H22O5/c1-14(23)27-19-11-15(10-17-6-5-7-18(17)19)8-9-16-12-20(24-2)22(26-4)21(13-16)25-3/h5,7-13H,6H2,1-4H3/b9-8-. The van der Waals surface area contributed by atoms with Gasteiger partial charge in [-0.15, -0.1) is 0 Å². The Morgan fingerprint density at radius 2 is 1.48 bits per heavy atom. The molecule has 140 valence electrons. The predicted molar refractivity (Wildman–Crippen MR) is 106 cm³/mol. The summed E-state index contributed by atoms with van der Waals surface area (Å²) in [6.07, 6.45) is 8.79. The first-order valence-corrected chi connectivity index (χ1v) is 8.55. The maximum absolute atomic E-state index is 11.4. The van der Waals surface area contributed by atoms with Gasteiger partial charge in [0.15, 0.2) is 11.5 Å². The van der Waals surface area contributed by atoms with Gasteiger partial charge in [-0.25, -0.2) is 0 Å². The Kier molecular flexibility index (Phi) is 5.50. The van der Waals surface area contributed by atoms with Gasteiger partial charge in [0.2, 0.25) is 5.75 Å². The van der Waals surface area contributed by atoms with Crippen LogP contribution < -0.4 is 18.9 Å². The first-order valence-electron chi connectivity index (χ1n) is 8.55. The smallest absolute Gasteiger partial charge is 0.308 e. The van der Waals surface area contributed by atoms with E-state index in [0.717, 1.165) is 28.7 Å². The Morgan fingerprint density at radius 3 is 2.04 bits per heavy atom. The summed E-state index contributed by atoms with van der Waals surface area (Å²) < 4.78 is 21.5. The monoisotopic (exact) mass is 366 g/mol. The van der Waals surface area contributed by atoms with Gasteiger partial charge in [-0.3, -0.25) is 4.79 Å². The summed E-state index contributed by atoms with van der Waals surface area (Å²) in [5.74, 6) is 1.99. The fourth-order valence-electron chi connectivity index (χ4n) is 3.10. The van der Waals surface area contributed by atoms with E-state index in [1.165, 1.54) is 6.92 Å². The molecule has 0 radical (unpaired) electrons. The van der Waals surface area contributed by atoms with E-state index in [9.17, 15) is 4.79 Å². The van der Waals surface area contributed by atoms with Crippen LogP contribution in [0.2, 0.25) is 0 Å². The molecule has 0 amide bonds. The SMILES string of the molecule is COc1cc(/C=C\c2cc3c(c(OC(C)=O)c2)C=CC3)cc(OC)c1OC. The van der Waals surface area contributed by atoms with Crippen molar-refractivity contribution in [2.75, 3.05) is 21.3 Å². The van der Waals surface area contributed by atoms with E-state index in [-0.39, 0.29) is 5.97 Å². The lowest BCUT2D eigenvalue weighted by atomic mass is 10.0. The number of carbonyl (C=O) groups excluding carboxylic acids is 1. The van der Waals surface area contributed by atoms with E-state index in [2.05, 4.69) is 12.1 Å². The molecule has 0 spiro atoms. The molecule has 5 heteroatoms. The summed E-state index contributed by atoms with van der Waals surface area (Å²) in [5.41, 5.74) is 3.95. The molecule has 0 unspecified atom stereocenters. The maximum atomic E-state index is 11.4. The first-order chi connectivity index (χ1) is 13.0. The Hall–Kier alpha value is -3.21. The summed E-state index contributed by atoms with van der Waals surface area (Å²) in [6.45, 7) is 1.41. The van der Waals surface area contributed by atoms with Crippen LogP contribution >= 0.6 is 0 Å². The quantitative estimate of drug-likeness (QED) is 0.431. The average molecular weight is 366 g/mol. The van der Waals surface area contributed by atoms with E-state index < -0.39 is 0 Å². The molecule has 0 saturated carbocycles. The zero-order valence-corrected chi connectivity index (χ0v) is 15.9. The number of carbonyl (C=O) groups is 1. The molecule has 1 aliphatic carbocycles. The lowest BCUT2D eigenvalue weighted by Gasteiger charge is -2.13. The van der Waals surface area contributed by atoms with E-state index >= 15 is 0 Å². The van der Waals surface area contributed by atoms with Crippen LogP contribution in [-0.2, 0) is 11.2 Å². The maximum Gasteiger partial charge on any atom is 0.308 e. The number of esters is 1. The highest BCUT2D eigenvalue weighted by Crippen LogP contribution is 2.39. The summed E-state index contributed by atoms with van der Waals surface area (Å²) in [5, 5.41) is 0. The van der Waals surface area contributed by atoms with Crippen LogP contribution in [0.5, 0.6) is 23.0 Å². The van der Waals surface area contributed by atoms with Gasteiger partial charge < -0.3 is 18.9 Å². The third kappa shape index (κ3) is 3.97. The second-order valence-electron chi connectivity index (χ2n) is 6.08. The minimum absolute atomic E-state index is 0.330. The highest BCUT2D eigenvalue weighted by atomic mass is 16.5.